The van der Waals surface area contributed by atoms with Gasteiger partial charge in [0.1, 0.15) is 3.70 Å². The van der Waals surface area contributed by atoms with Gasteiger partial charge in [-0.2, -0.15) is 0 Å². The quantitative estimate of drug-likeness (QED) is 0.357. The van der Waals surface area contributed by atoms with Crippen LogP contribution in [0.25, 0.3) is 10.9 Å². The number of rotatable bonds is 4. The fourth-order valence-corrected chi connectivity index (χ4v) is 6.60. The molecule has 30 heavy (non-hydrogen) atoms. The molecular formula is C20H21IN2O6S. The van der Waals surface area contributed by atoms with E-state index in [2.05, 4.69) is 16.5 Å². The summed E-state index contributed by atoms with van der Waals surface area (Å²) < 4.78 is 41.2. The van der Waals surface area contributed by atoms with E-state index in [-0.39, 0.29) is 23.3 Å². The molecule has 0 aliphatic carbocycles. The Kier molecular flexibility index (Phi) is 4.88. The Labute approximate surface area is 188 Å². The summed E-state index contributed by atoms with van der Waals surface area (Å²) >= 11 is 1.93. The molecule has 0 radical (unpaired) electrons. The Morgan fingerprint density at radius 3 is 2.83 bits per heavy atom. The molecule has 6 rings (SSSR count). The molecule has 4 bridgehead atoms. The predicted molar refractivity (Wildman–Crippen MR) is 118 cm³/mol. The summed E-state index contributed by atoms with van der Waals surface area (Å²) in [5.41, 5.74) is 0.890. The van der Waals surface area contributed by atoms with Gasteiger partial charge in [0.2, 0.25) is 0 Å². The molecule has 2 aromatic rings. The van der Waals surface area contributed by atoms with Crippen molar-refractivity contribution < 1.29 is 26.6 Å². The highest BCUT2D eigenvalue weighted by Crippen LogP contribution is 2.50. The first-order chi connectivity index (χ1) is 14.3. The Bertz CT molecular complexity index is 1150. The lowest BCUT2D eigenvalue weighted by Gasteiger charge is -2.50. The molecule has 8 nitrogen and oxygen atoms in total. The monoisotopic (exact) mass is 544 g/mol. The zero-order valence-corrected chi connectivity index (χ0v) is 19.2. The highest BCUT2D eigenvalue weighted by atomic mass is 127. The molecule has 160 valence electrons. The smallest absolute Gasteiger partial charge is 0.493 e. The van der Waals surface area contributed by atoms with Crippen LogP contribution in [-0.2, 0) is 10.4 Å². The van der Waals surface area contributed by atoms with Crippen molar-refractivity contribution in [3.8, 4) is 17.2 Å². The number of methoxy groups -OCH3 is 1. The maximum atomic E-state index is 12.5. The Hall–Kier alpha value is -1.63. The average molecular weight is 544 g/mol. The van der Waals surface area contributed by atoms with Crippen molar-refractivity contribution in [1.82, 2.24) is 9.88 Å². The van der Waals surface area contributed by atoms with Crippen molar-refractivity contribution in [2.75, 3.05) is 20.2 Å². The molecular weight excluding hydrogens is 523 g/mol. The summed E-state index contributed by atoms with van der Waals surface area (Å²) in [5, 5.41) is 12.0. The zero-order valence-electron chi connectivity index (χ0n) is 16.2. The summed E-state index contributed by atoms with van der Waals surface area (Å²) in [4.78, 5) is 6.73. The van der Waals surface area contributed by atoms with E-state index < -0.39 is 16.5 Å². The number of aliphatic hydroxyl groups excluding tert-OH is 1. The topological polar surface area (TPSA) is 98.2 Å². The van der Waals surface area contributed by atoms with E-state index in [1.54, 1.807) is 12.1 Å². The number of hydrogen-bond acceptors (Lipinski definition) is 8. The van der Waals surface area contributed by atoms with E-state index in [1.165, 1.54) is 7.11 Å². The third kappa shape index (κ3) is 3.07. The lowest BCUT2D eigenvalue weighted by molar-refractivity contribution is -0.0448. The van der Waals surface area contributed by atoms with E-state index in [9.17, 15) is 13.5 Å². The van der Waals surface area contributed by atoms with E-state index in [4.69, 9.17) is 13.1 Å². The number of aliphatic hydroxyl groups is 1. The molecule has 3 saturated heterocycles. The third-order valence-corrected chi connectivity index (χ3v) is 7.90. The molecule has 1 N–H and O–H groups in total. The van der Waals surface area contributed by atoms with Crippen molar-refractivity contribution in [2.45, 2.75) is 25.0 Å². The van der Waals surface area contributed by atoms with Crippen LogP contribution in [0.2, 0.25) is 0 Å². The number of nitrogens with zero attached hydrogens (tertiary/aromatic N) is 2. The molecule has 4 aliphatic heterocycles. The van der Waals surface area contributed by atoms with Crippen LogP contribution in [0, 0.1) is 15.5 Å². The van der Waals surface area contributed by atoms with Crippen LogP contribution in [0.5, 0.6) is 17.2 Å². The minimum atomic E-state index is -4.41. The summed E-state index contributed by atoms with van der Waals surface area (Å²) in [5.74, 6) is 1.10. The van der Waals surface area contributed by atoms with Crippen LogP contribution in [0.1, 0.15) is 24.5 Å². The second-order valence-electron chi connectivity index (χ2n) is 7.90. The molecule has 5 heterocycles. The van der Waals surface area contributed by atoms with Crippen LogP contribution in [0.3, 0.4) is 0 Å². The average Bonchev–Trinajstić information content (AvgIpc) is 2.85. The van der Waals surface area contributed by atoms with Crippen LogP contribution in [0.15, 0.2) is 24.8 Å². The molecule has 4 aliphatic rings. The standard InChI is InChI=1S/C20H21IN2O6S/c1-3-10-9-23-7-6-11(10)8-13(23)17(24)16-15-12-4-5-14(27-2)18(15)28-30(25,26)29-19(16)20(21)22-12/h3-5,10-11,13,17,24H,1,6-9H2,2H3/t10-,11?,13-,17-/m0/s1. The fraction of sp³-hybridized carbons (Fsp3) is 0.450. The van der Waals surface area contributed by atoms with Gasteiger partial charge in [-0.15, -0.1) is 15.0 Å². The molecule has 5 atom stereocenters. The Morgan fingerprint density at radius 1 is 1.40 bits per heavy atom. The van der Waals surface area contributed by atoms with Gasteiger partial charge < -0.3 is 18.2 Å². The van der Waals surface area contributed by atoms with Crippen molar-refractivity contribution in [2.24, 2.45) is 11.8 Å². The lowest BCUT2D eigenvalue weighted by atomic mass is 9.73. The summed E-state index contributed by atoms with van der Waals surface area (Å²) in [6.45, 7) is 5.67. The number of halogens is 1. The van der Waals surface area contributed by atoms with E-state index in [1.807, 2.05) is 28.7 Å². The van der Waals surface area contributed by atoms with E-state index in [0.717, 1.165) is 25.9 Å². The number of pyridine rings is 1. The largest absolute Gasteiger partial charge is 0.501 e. The molecule has 2 unspecified atom stereocenters. The summed E-state index contributed by atoms with van der Waals surface area (Å²) in [6, 6.07) is 3.16. The first-order valence-electron chi connectivity index (χ1n) is 9.71. The number of aromatic nitrogens is 1. The zero-order chi connectivity index (χ0) is 21.2. The van der Waals surface area contributed by atoms with Crippen LogP contribution < -0.4 is 13.1 Å². The molecule has 1 aromatic carbocycles. The highest BCUT2D eigenvalue weighted by molar-refractivity contribution is 14.1. The van der Waals surface area contributed by atoms with Gasteiger partial charge in [0.05, 0.1) is 24.1 Å². The molecule has 3 fully saturated rings. The number of fused-ring (bicyclic) bond motifs is 4. The van der Waals surface area contributed by atoms with E-state index in [0.29, 0.717) is 32.0 Å². The van der Waals surface area contributed by atoms with Crippen molar-refractivity contribution in [1.29, 1.82) is 0 Å². The molecule has 10 heteroatoms. The van der Waals surface area contributed by atoms with Crippen LogP contribution >= 0.6 is 22.6 Å². The van der Waals surface area contributed by atoms with Gasteiger partial charge >= 0.3 is 10.4 Å². The second kappa shape index (κ2) is 7.21. The molecule has 1 aromatic heterocycles. The minimum Gasteiger partial charge on any atom is -0.493 e. The molecule has 0 saturated carbocycles. The van der Waals surface area contributed by atoms with Gasteiger partial charge in [0, 0.05) is 18.2 Å². The van der Waals surface area contributed by atoms with Gasteiger partial charge in [-0.25, -0.2) is 4.98 Å². The van der Waals surface area contributed by atoms with Gasteiger partial charge in [0.25, 0.3) is 0 Å². The van der Waals surface area contributed by atoms with E-state index >= 15 is 0 Å². The maximum Gasteiger partial charge on any atom is 0.501 e. The first kappa shape index (κ1) is 20.3. The molecule has 0 spiro atoms. The number of hydrogen-bond donors (Lipinski definition) is 1. The fourth-order valence-electron chi connectivity index (χ4n) is 5.01. The van der Waals surface area contributed by atoms with Gasteiger partial charge in [-0.05, 0) is 65.9 Å². The SMILES string of the molecule is C=C[C@H]1CN2CCC1C[C@H]2[C@H](O)c1c2c(I)nc3ccc(OC)c(c13)OS(=O)(=O)O2. The maximum absolute atomic E-state index is 12.5. The Morgan fingerprint density at radius 2 is 2.17 bits per heavy atom. The van der Waals surface area contributed by atoms with Crippen molar-refractivity contribution in [3.05, 3.63) is 34.1 Å². The number of ether oxygens (including phenoxy) is 1. The van der Waals surface area contributed by atoms with Gasteiger partial charge in [0.15, 0.2) is 17.2 Å². The first-order valence-corrected chi connectivity index (χ1v) is 12.1. The van der Waals surface area contributed by atoms with Gasteiger partial charge in [-0.1, -0.05) is 6.08 Å². The Balaban J connectivity index is 1.71. The normalized spacial score (nSPS) is 29.7. The third-order valence-electron chi connectivity index (χ3n) is 6.42. The van der Waals surface area contributed by atoms with Crippen molar-refractivity contribution in [3.63, 3.8) is 0 Å². The predicted octanol–water partition coefficient (Wildman–Crippen LogP) is 2.79. The van der Waals surface area contributed by atoms with Crippen molar-refractivity contribution >= 4 is 43.9 Å². The van der Waals surface area contributed by atoms with Crippen LogP contribution in [0.4, 0.5) is 0 Å². The highest BCUT2D eigenvalue weighted by Gasteiger charge is 2.45. The molecule has 0 amide bonds. The number of benzene rings is 1. The number of piperidine rings is 3. The van der Waals surface area contributed by atoms with Crippen LogP contribution in [-0.4, -0.2) is 49.6 Å². The summed E-state index contributed by atoms with van der Waals surface area (Å²) in [6.07, 6.45) is 2.88. The second-order valence-corrected chi connectivity index (χ2v) is 10.1. The minimum absolute atomic E-state index is 0.00774. The lowest BCUT2D eigenvalue weighted by Crippen LogP contribution is -2.54. The van der Waals surface area contributed by atoms with Gasteiger partial charge in [-0.3, -0.25) is 4.90 Å². The summed E-state index contributed by atoms with van der Waals surface area (Å²) in [7, 11) is -2.98.